The van der Waals surface area contributed by atoms with Gasteiger partial charge in [0.25, 0.3) is 11.8 Å². The Morgan fingerprint density at radius 1 is 1.17 bits per heavy atom. The Hall–Kier alpha value is -2.57. The summed E-state index contributed by atoms with van der Waals surface area (Å²) in [7, 11) is 0. The van der Waals surface area contributed by atoms with Crippen molar-refractivity contribution in [2.24, 2.45) is 0 Å². The van der Waals surface area contributed by atoms with Gasteiger partial charge in [-0.05, 0) is 38.8 Å². The van der Waals surface area contributed by atoms with Crippen molar-refractivity contribution in [3.05, 3.63) is 30.3 Å². The van der Waals surface area contributed by atoms with E-state index in [1.54, 1.807) is 24.3 Å². The second-order valence-corrected chi connectivity index (χ2v) is 5.75. The molecule has 1 aromatic carbocycles. The van der Waals surface area contributed by atoms with Gasteiger partial charge in [0, 0.05) is 6.04 Å². The number of nitrogens with one attached hydrogen (secondary N) is 2. The number of rotatable bonds is 8. The number of benzene rings is 1. The van der Waals surface area contributed by atoms with E-state index in [1.807, 2.05) is 6.07 Å². The normalized spacial score (nSPS) is 15.8. The summed E-state index contributed by atoms with van der Waals surface area (Å²) in [6.07, 6.45) is 1.03. The Morgan fingerprint density at radius 3 is 2.46 bits per heavy atom. The second-order valence-electron chi connectivity index (χ2n) is 5.75. The van der Waals surface area contributed by atoms with E-state index in [-0.39, 0.29) is 18.6 Å². The molecular weight excluding hydrogens is 312 g/mol. The lowest BCUT2D eigenvalue weighted by atomic mass is 10.3. The lowest BCUT2D eigenvalue weighted by Crippen LogP contribution is -2.45. The third-order valence-corrected chi connectivity index (χ3v) is 3.43. The van der Waals surface area contributed by atoms with Gasteiger partial charge in [0.2, 0.25) is 0 Å². The summed E-state index contributed by atoms with van der Waals surface area (Å²) in [6, 6.07) is 8.21. The van der Waals surface area contributed by atoms with Crippen LogP contribution in [0.5, 0.6) is 5.75 Å². The third-order valence-electron chi connectivity index (χ3n) is 3.43. The molecule has 0 heterocycles. The van der Waals surface area contributed by atoms with Crippen molar-refractivity contribution in [3.8, 4) is 5.75 Å². The third kappa shape index (κ3) is 5.91. The van der Waals surface area contributed by atoms with Gasteiger partial charge in [-0.25, -0.2) is 4.79 Å². The van der Waals surface area contributed by atoms with Crippen LogP contribution in [0.25, 0.3) is 0 Å². The van der Waals surface area contributed by atoms with Crippen LogP contribution in [-0.4, -0.2) is 42.6 Å². The van der Waals surface area contributed by atoms with Gasteiger partial charge in [-0.15, -0.1) is 0 Å². The summed E-state index contributed by atoms with van der Waals surface area (Å²) in [5, 5.41) is 5.23. The van der Waals surface area contributed by atoms with E-state index in [1.165, 1.54) is 13.8 Å². The number of esters is 1. The van der Waals surface area contributed by atoms with Gasteiger partial charge >= 0.3 is 5.97 Å². The average Bonchev–Trinajstić information content (AvgIpc) is 3.37. The van der Waals surface area contributed by atoms with Gasteiger partial charge in [0.05, 0.1) is 0 Å². The number of hydrogen-bond acceptors (Lipinski definition) is 5. The zero-order valence-electron chi connectivity index (χ0n) is 13.8. The molecule has 2 amide bonds. The molecule has 0 unspecified atom stereocenters. The predicted molar refractivity (Wildman–Crippen MR) is 86.3 cm³/mol. The Balaban J connectivity index is 1.69. The van der Waals surface area contributed by atoms with E-state index in [0.717, 1.165) is 12.8 Å². The fourth-order valence-corrected chi connectivity index (χ4v) is 1.88. The van der Waals surface area contributed by atoms with Gasteiger partial charge < -0.3 is 20.1 Å². The predicted octanol–water partition coefficient (Wildman–Crippen LogP) is 0.780. The zero-order valence-corrected chi connectivity index (χ0v) is 13.8. The Kier molecular flexibility index (Phi) is 6.17. The van der Waals surface area contributed by atoms with Crippen molar-refractivity contribution in [2.75, 3.05) is 6.61 Å². The zero-order chi connectivity index (χ0) is 17.5. The Bertz CT molecular complexity index is 586. The van der Waals surface area contributed by atoms with Gasteiger partial charge in [-0.1, -0.05) is 18.2 Å². The van der Waals surface area contributed by atoms with Crippen LogP contribution in [0.1, 0.15) is 26.7 Å². The molecule has 2 rings (SSSR count). The van der Waals surface area contributed by atoms with Gasteiger partial charge in [0.15, 0.2) is 12.7 Å². The highest BCUT2D eigenvalue weighted by atomic mass is 16.5. The van der Waals surface area contributed by atoms with Crippen LogP contribution >= 0.6 is 0 Å². The highest BCUT2D eigenvalue weighted by molar-refractivity contribution is 5.87. The molecule has 0 spiro atoms. The molecule has 1 aliphatic rings. The second kappa shape index (κ2) is 8.33. The smallest absolute Gasteiger partial charge is 0.329 e. The molecule has 0 saturated heterocycles. The molecule has 1 aromatic rings. The number of hydrogen-bond donors (Lipinski definition) is 2. The van der Waals surface area contributed by atoms with Crippen LogP contribution in [0.2, 0.25) is 0 Å². The molecule has 130 valence electrons. The topological polar surface area (TPSA) is 93.7 Å². The summed E-state index contributed by atoms with van der Waals surface area (Å²) < 4.78 is 10.3. The quantitative estimate of drug-likeness (QED) is 0.685. The van der Waals surface area contributed by atoms with E-state index in [2.05, 4.69) is 10.6 Å². The van der Waals surface area contributed by atoms with Gasteiger partial charge in [0.1, 0.15) is 11.8 Å². The van der Waals surface area contributed by atoms with Crippen molar-refractivity contribution in [1.82, 2.24) is 10.6 Å². The number of carbonyl (C=O) groups excluding carboxylic acids is 3. The van der Waals surface area contributed by atoms with E-state index in [0.29, 0.717) is 5.75 Å². The van der Waals surface area contributed by atoms with Crippen molar-refractivity contribution in [1.29, 1.82) is 0 Å². The van der Waals surface area contributed by atoms with Crippen molar-refractivity contribution in [2.45, 2.75) is 44.9 Å². The summed E-state index contributed by atoms with van der Waals surface area (Å²) in [4.78, 5) is 35.4. The first-order valence-electron chi connectivity index (χ1n) is 7.94. The molecule has 2 N–H and O–H groups in total. The van der Waals surface area contributed by atoms with E-state index < -0.39 is 24.0 Å². The molecule has 0 radical (unpaired) electrons. The van der Waals surface area contributed by atoms with Crippen LogP contribution < -0.4 is 15.4 Å². The lowest BCUT2D eigenvalue weighted by Gasteiger charge is -2.17. The SMILES string of the molecule is C[C@H](NC(=O)COc1ccccc1)C(=O)O[C@@H](C)C(=O)NC1CC1. The van der Waals surface area contributed by atoms with Gasteiger partial charge in [-0.3, -0.25) is 9.59 Å². The summed E-state index contributed by atoms with van der Waals surface area (Å²) in [6.45, 7) is 2.79. The minimum atomic E-state index is -0.891. The van der Waals surface area contributed by atoms with Crippen LogP contribution in [0, 0.1) is 0 Å². The standard InChI is InChI=1S/C17H22N2O5/c1-11(17(22)24-12(2)16(21)19-13-8-9-13)18-15(20)10-23-14-6-4-3-5-7-14/h3-7,11-13H,8-10H2,1-2H3,(H,18,20)(H,19,21)/t11-,12-/m0/s1. The fraction of sp³-hybridized carbons (Fsp3) is 0.471. The number of amides is 2. The number of ether oxygens (including phenoxy) is 2. The minimum absolute atomic E-state index is 0.200. The first-order chi connectivity index (χ1) is 11.5. The lowest BCUT2D eigenvalue weighted by molar-refractivity contribution is -0.157. The van der Waals surface area contributed by atoms with Crippen LogP contribution in [0.3, 0.4) is 0 Å². The van der Waals surface area contributed by atoms with Crippen molar-refractivity contribution < 1.29 is 23.9 Å². The molecule has 0 aliphatic heterocycles. The maximum Gasteiger partial charge on any atom is 0.329 e. The highest BCUT2D eigenvalue weighted by Gasteiger charge is 2.28. The monoisotopic (exact) mass is 334 g/mol. The molecule has 24 heavy (non-hydrogen) atoms. The Labute approximate surface area is 140 Å². The first kappa shape index (κ1) is 17.8. The fourth-order valence-electron chi connectivity index (χ4n) is 1.88. The van der Waals surface area contributed by atoms with Crippen molar-refractivity contribution >= 4 is 17.8 Å². The molecular formula is C17H22N2O5. The average molecular weight is 334 g/mol. The van der Waals surface area contributed by atoms with Crippen LogP contribution in [0.15, 0.2) is 30.3 Å². The van der Waals surface area contributed by atoms with Crippen LogP contribution in [0.4, 0.5) is 0 Å². The maximum atomic E-state index is 11.9. The molecule has 7 heteroatoms. The van der Waals surface area contributed by atoms with Gasteiger partial charge in [-0.2, -0.15) is 0 Å². The summed E-state index contributed by atoms with van der Waals surface area (Å²) >= 11 is 0. The molecule has 1 aliphatic carbocycles. The number of para-hydroxylation sites is 1. The van der Waals surface area contributed by atoms with E-state index in [4.69, 9.17) is 9.47 Å². The molecule has 2 atom stereocenters. The molecule has 0 aromatic heterocycles. The summed E-state index contributed by atoms with van der Waals surface area (Å²) in [5.41, 5.74) is 0. The highest BCUT2D eigenvalue weighted by Crippen LogP contribution is 2.18. The Morgan fingerprint density at radius 2 is 1.83 bits per heavy atom. The van der Waals surface area contributed by atoms with E-state index >= 15 is 0 Å². The summed E-state index contributed by atoms with van der Waals surface area (Å²) in [5.74, 6) is -0.870. The number of carbonyl (C=O) groups is 3. The molecule has 1 fully saturated rings. The molecule has 0 bridgehead atoms. The van der Waals surface area contributed by atoms with E-state index in [9.17, 15) is 14.4 Å². The molecule has 7 nitrogen and oxygen atoms in total. The minimum Gasteiger partial charge on any atom is -0.484 e. The van der Waals surface area contributed by atoms with Crippen LogP contribution in [-0.2, 0) is 19.1 Å². The largest absolute Gasteiger partial charge is 0.484 e. The maximum absolute atomic E-state index is 11.9. The molecule has 1 saturated carbocycles. The first-order valence-corrected chi connectivity index (χ1v) is 7.94. The van der Waals surface area contributed by atoms with Crippen molar-refractivity contribution in [3.63, 3.8) is 0 Å².